The molecule has 1 atom stereocenters. The highest BCUT2D eigenvalue weighted by Crippen LogP contribution is 2.21. The molecule has 0 saturated carbocycles. The minimum absolute atomic E-state index is 0.233. The van der Waals surface area contributed by atoms with Crippen LogP contribution in [0.3, 0.4) is 0 Å². The Morgan fingerprint density at radius 1 is 1.19 bits per heavy atom. The van der Waals surface area contributed by atoms with Crippen molar-refractivity contribution in [2.75, 3.05) is 5.32 Å². The van der Waals surface area contributed by atoms with E-state index in [4.69, 9.17) is 16.3 Å². The van der Waals surface area contributed by atoms with Crippen LogP contribution in [-0.2, 0) is 6.54 Å². The molecular formula is C18H22ClNO. The first-order valence-electron chi connectivity index (χ1n) is 7.34. The molecule has 0 aliphatic carbocycles. The molecule has 0 spiro atoms. The van der Waals surface area contributed by atoms with E-state index in [2.05, 4.69) is 25.2 Å². The quantitative estimate of drug-likeness (QED) is 0.767. The Morgan fingerprint density at radius 2 is 2.00 bits per heavy atom. The number of nitrogens with one attached hydrogen (secondary N) is 1. The van der Waals surface area contributed by atoms with Gasteiger partial charge in [0.15, 0.2) is 0 Å². The number of aryl methyl sites for hydroxylation is 1. The van der Waals surface area contributed by atoms with Gasteiger partial charge in [-0.2, -0.15) is 0 Å². The third-order valence-corrected chi connectivity index (χ3v) is 3.89. The SMILES string of the molecule is CCC(C)Oc1cccc(NCc2ccc(C)c(Cl)c2)c1. The van der Waals surface area contributed by atoms with Gasteiger partial charge in [0, 0.05) is 23.3 Å². The number of hydrogen-bond acceptors (Lipinski definition) is 2. The number of ether oxygens (including phenoxy) is 1. The molecule has 0 aromatic heterocycles. The molecule has 3 heteroatoms. The summed E-state index contributed by atoms with van der Waals surface area (Å²) < 4.78 is 5.83. The van der Waals surface area contributed by atoms with E-state index in [1.54, 1.807) is 0 Å². The zero-order chi connectivity index (χ0) is 15.2. The lowest BCUT2D eigenvalue weighted by Crippen LogP contribution is -2.09. The Labute approximate surface area is 132 Å². The van der Waals surface area contributed by atoms with Gasteiger partial charge in [0.1, 0.15) is 5.75 Å². The molecule has 21 heavy (non-hydrogen) atoms. The molecule has 2 rings (SSSR count). The fourth-order valence-corrected chi connectivity index (χ4v) is 2.15. The van der Waals surface area contributed by atoms with Gasteiger partial charge in [-0.15, -0.1) is 0 Å². The number of rotatable bonds is 6. The van der Waals surface area contributed by atoms with Gasteiger partial charge in [-0.25, -0.2) is 0 Å². The number of anilines is 1. The van der Waals surface area contributed by atoms with E-state index in [0.29, 0.717) is 0 Å². The van der Waals surface area contributed by atoms with Crippen LogP contribution >= 0.6 is 11.6 Å². The van der Waals surface area contributed by atoms with E-state index < -0.39 is 0 Å². The van der Waals surface area contributed by atoms with E-state index in [-0.39, 0.29) is 6.10 Å². The lowest BCUT2D eigenvalue weighted by Gasteiger charge is -2.14. The van der Waals surface area contributed by atoms with Crippen LogP contribution in [0.25, 0.3) is 0 Å². The lowest BCUT2D eigenvalue weighted by molar-refractivity contribution is 0.217. The fraction of sp³-hybridized carbons (Fsp3) is 0.333. The normalized spacial score (nSPS) is 12.0. The van der Waals surface area contributed by atoms with E-state index >= 15 is 0 Å². The Morgan fingerprint density at radius 3 is 2.71 bits per heavy atom. The van der Waals surface area contributed by atoms with Crippen LogP contribution < -0.4 is 10.1 Å². The molecule has 0 aliphatic heterocycles. The van der Waals surface area contributed by atoms with Gasteiger partial charge >= 0.3 is 0 Å². The Bertz CT molecular complexity index is 598. The maximum atomic E-state index is 6.15. The molecule has 0 fully saturated rings. The first-order chi connectivity index (χ1) is 10.1. The van der Waals surface area contributed by atoms with Crippen molar-refractivity contribution in [1.29, 1.82) is 0 Å². The summed E-state index contributed by atoms with van der Waals surface area (Å²) in [6.45, 7) is 6.95. The number of halogens is 1. The second-order valence-electron chi connectivity index (χ2n) is 5.30. The van der Waals surface area contributed by atoms with E-state index in [9.17, 15) is 0 Å². The topological polar surface area (TPSA) is 21.3 Å². The monoisotopic (exact) mass is 303 g/mol. The summed E-state index contributed by atoms with van der Waals surface area (Å²) in [5.74, 6) is 0.899. The highest BCUT2D eigenvalue weighted by molar-refractivity contribution is 6.31. The molecule has 0 amide bonds. The van der Waals surface area contributed by atoms with Gasteiger partial charge in [-0.05, 0) is 49.6 Å². The van der Waals surface area contributed by atoms with E-state index in [0.717, 1.165) is 35.0 Å². The average molecular weight is 304 g/mol. The molecule has 0 radical (unpaired) electrons. The zero-order valence-electron chi connectivity index (χ0n) is 12.8. The fourth-order valence-electron chi connectivity index (χ4n) is 1.95. The molecule has 1 unspecified atom stereocenters. The lowest BCUT2D eigenvalue weighted by atomic mass is 10.1. The first kappa shape index (κ1) is 15.7. The highest BCUT2D eigenvalue weighted by atomic mass is 35.5. The molecule has 0 saturated heterocycles. The average Bonchev–Trinajstić information content (AvgIpc) is 2.49. The molecule has 0 aliphatic rings. The van der Waals surface area contributed by atoms with Crippen LogP contribution in [0.15, 0.2) is 42.5 Å². The van der Waals surface area contributed by atoms with Crippen LogP contribution in [0.5, 0.6) is 5.75 Å². The summed E-state index contributed by atoms with van der Waals surface area (Å²) in [4.78, 5) is 0. The summed E-state index contributed by atoms with van der Waals surface area (Å²) in [6, 6.07) is 14.2. The Hall–Kier alpha value is -1.67. The summed E-state index contributed by atoms with van der Waals surface area (Å²) in [6.07, 6.45) is 1.23. The largest absolute Gasteiger partial charge is 0.491 e. The summed E-state index contributed by atoms with van der Waals surface area (Å²) in [7, 11) is 0. The standard InChI is InChI=1S/C18H22ClNO/c1-4-14(3)21-17-7-5-6-16(11-17)20-12-15-9-8-13(2)18(19)10-15/h5-11,14,20H,4,12H2,1-3H3. The number of hydrogen-bond donors (Lipinski definition) is 1. The van der Waals surface area contributed by atoms with Crippen LogP contribution in [0.4, 0.5) is 5.69 Å². The molecule has 1 N–H and O–H groups in total. The summed E-state index contributed by atoms with van der Waals surface area (Å²) in [5, 5.41) is 4.21. The summed E-state index contributed by atoms with van der Waals surface area (Å²) in [5.41, 5.74) is 3.32. The zero-order valence-corrected chi connectivity index (χ0v) is 13.6. The maximum absolute atomic E-state index is 6.15. The van der Waals surface area contributed by atoms with Crippen molar-refractivity contribution in [1.82, 2.24) is 0 Å². The van der Waals surface area contributed by atoms with Crippen LogP contribution in [-0.4, -0.2) is 6.10 Å². The Balaban J connectivity index is 1.99. The third kappa shape index (κ3) is 4.68. The van der Waals surface area contributed by atoms with Gasteiger partial charge in [0.05, 0.1) is 6.10 Å². The Kier molecular flexibility index (Phi) is 5.51. The number of benzene rings is 2. The van der Waals surface area contributed by atoms with Gasteiger partial charge in [0.25, 0.3) is 0 Å². The molecule has 0 heterocycles. The molecule has 2 aromatic rings. The van der Waals surface area contributed by atoms with Crippen LogP contribution in [0, 0.1) is 6.92 Å². The highest BCUT2D eigenvalue weighted by Gasteiger charge is 2.03. The van der Waals surface area contributed by atoms with Crippen molar-refractivity contribution in [2.24, 2.45) is 0 Å². The van der Waals surface area contributed by atoms with Crippen molar-refractivity contribution in [3.8, 4) is 5.75 Å². The van der Waals surface area contributed by atoms with Gasteiger partial charge < -0.3 is 10.1 Å². The van der Waals surface area contributed by atoms with E-state index in [1.807, 2.05) is 43.3 Å². The predicted molar refractivity (Wildman–Crippen MR) is 90.3 cm³/mol. The van der Waals surface area contributed by atoms with Crippen molar-refractivity contribution < 1.29 is 4.74 Å². The van der Waals surface area contributed by atoms with Gasteiger partial charge in [-0.3, -0.25) is 0 Å². The van der Waals surface area contributed by atoms with Crippen molar-refractivity contribution in [2.45, 2.75) is 39.8 Å². The maximum Gasteiger partial charge on any atom is 0.121 e. The predicted octanol–water partition coefficient (Wildman–Crippen LogP) is 5.44. The van der Waals surface area contributed by atoms with E-state index in [1.165, 1.54) is 5.56 Å². The van der Waals surface area contributed by atoms with Gasteiger partial charge in [-0.1, -0.05) is 36.7 Å². The molecule has 0 bridgehead atoms. The van der Waals surface area contributed by atoms with Crippen molar-refractivity contribution in [3.05, 3.63) is 58.6 Å². The minimum atomic E-state index is 0.233. The molecule has 112 valence electrons. The van der Waals surface area contributed by atoms with Crippen LogP contribution in [0.1, 0.15) is 31.4 Å². The second kappa shape index (κ2) is 7.37. The molecule has 2 aromatic carbocycles. The third-order valence-electron chi connectivity index (χ3n) is 3.48. The van der Waals surface area contributed by atoms with Crippen molar-refractivity contribution in [3.63, 3.8) is 0 Å². The first-order valence-corrected chi connectivity index (χ1v) is 7.72. The van der Waals surface area contributed by atoms with Crippen molar-refractivity contribution >= 4 is 17.3 Å². The summed E-state index contributed by atoms with van der Waals surface area (Å²) >= 11 is 6.15. The minimum Gasteiger partial charge on any atom is -0.491 e. The molecular weight excluding hydrogens is 282 g/mol. The second-order valence-corrected chi connectivity index (χ2v) is 5.71. The van der Waals surface area contributed by atoms with Crippen LogP contribution in [0.2, 0.25) is 5.02 Å². The van der Waals surface area contributed by atoms with Gasteiger partial charge in [0.2, 0.25) is 0 Å². The molecule has 2 nitrogen and oxygen atoms in total. The smallest absolute Gasteiger partial charge is 0.121 e.